The number of urea groups is 1. The molecule has 7 heteroatoms. The van der Waals surface area contributed by atoms with Crippen LogP contribution in [0.2, 0.25) is 0 Å². The quantitative estimate of drug-likeness (QED) is 0.796. The number of aliphatic carboxylic acids is 1. The molecule has 0 aromatic rings. The van der Waals surface area contributed by atoms with E-state index in [1.54, 1.807) is 16.7 Å². The van der Waals surface area contributed by atoms with E-state index in [1.807, 2.05) is 6.92 Å². The molecule has 0 radical (unpaired) electrons. The van der Waals surface area contributed by atoms with Crippen molar-refractivity contribution >= 4 is 29.7 Å². The number of rotatable bonds is 4. The van der Waals surface area contributed by atoms with Crippen molar-refractivity contribution in [2.75, 3.05) is 18.8 Å². The van der Waals surface area contributed by atoms with Crippen molar-refractivity contribution in [1.82, 2.24) is 10.2 Å². The second-order valence-electron chi connectivity index (χ2n) is 4.23. The molecule has 1 rings (SSSR count). The third-order valence-corrected chi connectivity index (χ3v) is 3.71. The fraction of sp³-hybridized carbons (Fsp3) is 0.727. The lowest BCUT2D eigenvalue weighted by Gasteiger charge is -2.30. The zero-order valence-corrected chi connectivity index (χ0v) is 11.2. The highest BCUT2D eigenvalue weighted by Gasteiger charge is 2.22. The number of hydrogen-bond acceptors (Lipinski definition) is 4. The Bertz CT molecular complexity index is 335. The molecule has 18 heavy (non-hydrogen) atoms. The Kier molecular flexibility index (Phi) is 5.97. The van der Waals surface area contributed by atoms with Gasteiger partial charge in [0.25, 0.3) is 0 Å². The fourth-order valence-corrected chi connectivity index (χ4v) is 2.68. The van der Waals surface area contributed by atoms with E-state index in [0.717, 1.165) is 5.75 Å². The molecule has 1 aliphatic rings. The van der Waals surface area contributed by atoms with Crippen LogP contribution in [-0.4, -0.2) is 52.0 Å². The molecule has 0 bridgehead atoms. The molecule has 102 valence electrons. The number of carbonyl (C=O) groups excluding carboxylic acids is 2. The highest BCUT2D eigenvalue weighted by molar-refractivity contribution is 7.99. The summed E-state index contributed by atoms with van der Waals surface area (Å²) in [6, 6.07) is -0.373. The summed E-state index contributed by atoms with van der Waals surface area (Å²) in [6.45, 7) is 3.32. The molecular formula is C11H18N2O4S. The smallest absolute Gasteiger partial charge is 0.324 e. The van der Waals surface area contributed by atoms with Crippen molar-refractivity contribution in [1.29, 1.82) is 0 Å². The molecule has 1 heterocycles. The highest BCUT2D eigenvalue weighted by Crippen LogP contribution is 2.17. The van der Waals surface area contributed by atoms with Gasteiger partial charge in [-0.05, 0) is 6.42 Å². The Morgan fingerprint density at radius 3 is 2.72 bits per heavy atom. The van der Waals surface area contributed by atoms with Crippen LogP contribution in [0, 0.1) is 0 Å². The largest absolute Gasteiger partial charge is 0.481 e. The number of amides is 3. The van der Waals surface area contributed by atoms with E-state index in [2.05, 4.69) is 5.32 Å². The van der Waals surface area contributed by atoms with Gasteiger partial charge < -0.3 is 10.0 Å². The van der Waals surface area contributed by atoms with E-state index in [0.29, 0.717) is 18.3 Å². The van der Waals surface area contributed by atoms with Crippen molar-refractivity contribution < 1.29 is 19.5 Å². The van der Waals surface area contributed by atoms with Crippen molar-refractivity contribution in [3.8, 4) is 0 Å². The van der Waals surface area contributed by atoms with Gasteiger partial charge in [-0.15, -0.1) is 0 Å². The maximum absolute atomic E-state index is 11.7. The van der Waals surface area contributed by atoms with Gasteiger partial charge in [0.15, 0.2) is 0 Å². The minimum absolute atomic E-state index is 0.0565. The Labute approximate surface area is 110 Å². The fourth-order valence-electron chi connectivity index (χ4n) is 1.66. The van der Waals surface area contributed by atoms with E-state index in [-0.39, 0.29) is 25.3 Å². The molecule has 1 atom stereocenters. The van der Waals surface area contributed by atoms with Gasteiger partial charge in [-0.3, -0.25) is 14.9 Å². The summed E-state index contributed by atoms with van der Waals surface area (Å²) in [6.07, 6.45) is 0.260. The Balaban J connectivity index is 2.26. The van der Waals surface area contributed by atoms with Gasteiger partial charge in [0.1, 0.15) is 0 Å². The average Bonchev–Trinajstić information content (AvgIpc) is 2.28. The molecule has 2 N–H and O–H groups in total. The Morgan fingerprint density at radius 1 is 1.39 bits per heavy atom. The van der Waals surface area contributed by atoms with Crippen molar-refractivity contribution in [3.05, 3.63) is 0 Å². The van der Waals surface area contributed by atoms with E-state index >= 15 is 0 Å². The van der Waals surface area contributed by atoms with E-state index in [1.165, 1.54) is 0 Å². The van der Waals surface area contributed by atoms with Crippen LogP contribution in [0.25, 0.3) is 0 Å². The van der Waals surface area contributed by atoms with Crippen molar-refractivity contribution in [2.24, 2.45) is 0 Å². The van der Waals surface area contributed by atoms with Crippen LogP contribution >= 0.6 is 11.8 Å². The number of carbonyl (C=O) groups is 3. The lowest BCUT2D eigenvalue weighted by Crippen LogP contribution is -2.48. The normalized spacial score (nSPS) is 19.4. The molecule has 0 saturated carbocycles. The number of carboxylic acids is 1. The van der Waals surface area contributed by atoms with E-state index in [9.17, 15) is 14.4 Å². The molecule has 6 nitrogen and oxygen atoms in total. The maximum Gasteiger partial charge on any atom is 0.324 e. The Hall–Kier alpha value is -1.24. The monoisotopic (exact) mass is 274 g/mol. The van der Waals surface area contributed by atoms with Crippen molar-refractivity contribution in [2.45, 2.75) is 31.4 Å². The van der Waals surface area contributed by atoms with E-state index in [4.69, 9.17) is 5.11 Å². The van der Waals surface area contributed by atoms with Gasteiger partial charge in [0.05, 0.1) is 0 Å². The van der Waals surface area contributed by atoms with Crippen LogP contribution in [-0.2, 0) is 9.59 Å². The third kappa shape index (κ3) is 5.39. The number of nitrogens with one attached hydrogen (secondary N) is 1. The molecule has 0 spiro atoms. The molecule has 0 aromatic heterocycles. The minimum atomic E-state index is -0.934. The molecule has 1 unspecified atom stereocenters. The molecule has 0 aliphatic carbocycles. The van der Waals surface area contributed by atoms with Crippen LogP contribution in [0.15, 0.2) is 0 Å². The van der Waals surface area contributed by atoms with Gasteiger partial charge in [0.2, 0.25) is 5.91 Å². The molecule has 1 saturated heterocycles. The van der Waals surface area contributed by atoms with Crippen LogP contribution in [0.3, 0.4) is 0 Å². The standard InChI is InChI=1S/C11H18N2O4S/c1-8-7-13(5-6-18-8)11(17)12-9(14)3-2-4-10(15)16/h8H,2-7H2,1H3,(H,15,16)(H,12,14,17). The SMILES string of the molecule is CC1CN(C(=O)NC(=O)CCCC(=O)O)CCS1. The first-order chi connectivity index (χ1) is 8.49. The summed E-state index contributed by atoms with van der Waals surface area (Å²) in [7, 11) is 0. The summed E-state index contributed by atoms with van der Waals surface area (Å²) < 4.78 is 0. The summed E-state index contributed by atoms with van der Waals surface area (Å²) in [5.41, 5.74) is 0. The van der Waals surface area contributed by atoms with Crippen LogP contribution < -0.4 is 5.32 Å². The lowest BCUT2D eigenvalue weighted by molar-refractivity contribution is -0.137. The third-order valence-electron chi connectivity index (χ3n) is 2.57. The number of nitrogens with zero attached hydrogens (tertiary/aromatic N) is 1. The van der Waals surface area contributed by atoms with Gasteiger partial charge in [-0.1, -0.05) is 6.92 Å². The predicted octanol–water partition coefficient (Wildman–Crippen LogP) is 0.915. The van der Waals surface area contributed by atoms with E-state index < -0.39 is 11.9 Å². The zero-order chi connectivity index (χ0) is 13.5. The van der Waals surface area contributed by atoms with Crippen LogP contribution in [0.1, 0.15) is 26.2 Å². The van der Waals surface area contributed by atoms with Crippen LogP contribution in [0.5, 0.6) is 0 Å². The predicted molar refractivity (Wildman–Crippen MR) is 68.5 cm³/mol. The average molecular weight is 274 g/mol. The van der Waals surface area contributed by atoms with Crippen LogP contribution in [0.4, 0.5) is 4.79 Å². The first kappa shape index (κ1) is 14.8. The summed E-state index contributed by atoms with van der Waals surface area (Å²) in [5, 5.41) is 11.1. The number of hydrogen-bond donors (Lipinski definition) is 2. The summed E-state index contributed by atoms with van der Waals surface area (Å²) >= 11 is 1.80. The van der Waals surface area contributed by atoms with Gasteiger partial charge in [0, 0.05) is 36.9 Å². The molecule has 0 aromatic carbocycles. The molecule has 1 fully saturated rings. The highest BCUT2D eigenvalue weighted by atomic mass is 32.2. The number of carboxylic acid groups (broad SMARTS) is 1. The summed E-state index contributed by atoms with van der Waals surface area (Å²) in [5.74, 6) is -0.468. The van der Waals surface area contributed by atoms with Gasteiger partial charge in [-0.2, -0.15) is 11.8 Å². The second-order valence-corrected chi connectivity index (χ2v) is 5.77. The molecular weight excluding hydrogens is 256 g/mol. The molecule has 3 amide bonds. The lowest BCUT2D eigenvalue weighted by atomic mass is 10.2. The first-order valence-corrected chi connectivity index (χ1v) is 6.96. The Morgan fingerprint density at radius 2 is 2.11 bits per heavy atom. The van der Waals surface area contributed by atoms with Gasteiger partial charge in [-0.25, -0.2) is 4.79 Å². The minimum Gasteiger partial charge on any atom is -0.481 e. The zero-order valence-electron chi connectivity index (χ0n) is 10.3. The summed E-state index contributed by atoms with van der Waals surface area (Å²) in [4.78, 5) is 35.0. The topological polar surface area (TPSA) is 86.7 Å². The second kappa shape index (κ2) is 7.25. The molecule has 1 aliphatic heterocycles. The maximum atomic E-state index is 11.7. The number of thioether (sulfide) groups is 1. The van der Waals surface area contributed by atoms with Crippen molar-refractivity contribution in [3.63, 3.8) is 0 Å². The first-order valence-electron chi connectivity index (χ1n) is 5.91. The number of imide groups is 1. The van der Waals surface area contributed by atoms with Gasteiger partial charge >= 0.3 is 12.0 Å².